The summed E-state index contributed by atoms with van der Waals surface area (Å²) < 4.78 is 24.2. The van der Waals surface area contributed by atoms with Crippen molar-refractivity contribution in [3.8, 4) is 0 Å². The van der Waals surface area contributed by atoms with Gasteiger partial charge in [0.2, 0.25) is 10.0 Å². The van der Waals surface area contributed by atoms with E-state index >= 15 is 0 Å². The van der Waals surface area contributed by atoms with E-state index in [-0.39, 0.29) is 11.5 Å². The molecule has 0 aromatic rings. The molecule has 1 fully saturated rings. The highest BCUT2D eigenvalue weighted by Gasteiger charge is 2.30. The molecule has 17 heavy (non-hydrogen) atoms. The van der Waals surface area contributed by atoms with Crippen LogP contribution in [0.1, 0.15) is 20.8 Å². The summed E-state index contributed by atoms with van der Waals surface area (Å²) in [6.45, 7) is 9.23. The van der Waals surface area contributed by atoms with Crippen molar-refractivity contribution in [2.24, 2.45) is 5.41 Å². The van der Waals surface area contributed by atoms with E-state index in [1.807, 2.05) is 13.8 Å². The highest BCUT2D eigenvalue weighted by atomic mass is 32.2. The molecule has 0 aromatic heterocycles. The summed E-state index contributed by atoms with van der Waals surface area (Å²) in [5, 5.41) is 9.66. The first-order chi connectivity index (χ1) is 7.63. The largest absolute Gasteiger partial charge is 0.393 e. The van der Waals surface area contributed by atoms with Gasteiger partial charge in [0.15, 0.2) is 0 Å². The van der Waals surface area contributed by atoms with Crippen molar-refractivity contribution >= 4 is 10.0 Å². The number of nitrogens with zero attached hydrogens (tertiary/aromatic N) is 2. The second kappa shape index (κ2) is 5.22. The summed E-state index contributed by atoms with van der Waals surface area (Å²) in [4.78, 5) is 2.22. The topological polar surface area (TPSA) is 60.9 Å². The summed E-state index contributed by atoms with van der Waals surface area (Å²) in [7, 11) is -3.05. The van der Waals surface area contributed by atoms with Crippen molar-refractivity contribution < 1.29 is 13.5 Å². The molecule has 102 valence electrons. The molecule has 0 bridgehead atoms. The van der Waals surface area contributed by atoms with Crippen LogP contribution < -0.4 is 0 Å². The average Bonchev–Trinajstić information content (AvgIpc) is 2.16. The molecule has 1 aliphatic rings. The molecule has 0 aliphatic carbocycles. The van der Waals surface area contributed by atoms with Crippen molar-refractivity contribution in [1.82, 2.24) is 9.21 Å². The molecule has 0 radical (unpaired) electrons. The van der Waals surface area contributed by atoms with Gasteiger partial charge in [0.05, 0.1) is 12.4 Å². The fraction of sp³-hybridized carbons (Fsp3) is 1.00. The summed E-state index contributed by atoms with van der Waals surface area (Å²) >= 11 is 0. The first kappa shape index (κ1) is 14.9. The summed E-state index contributed by atoms with van der Waals surface area (Å²) in [5.41, 5.74) is -0.159. The molecule has 1 heterocycles. The van der Waals surface area contributed by atoms with Gasteiger partial charge in [-0.15, -0.1) is 0 Å². The molecule has 1 unspecified atom stereocenters. The minimum Gasteiger partial charge on any atom is -0.393 e. The standard InChI is InChI=1S/C11H24N2O3S/c1-10(14)11(2,3)9-12-5-7-13(8-6-12)17(4,15)16/h10,14H,5-9H2,1-4H3. The van der Waals surface area contributed by atoms with E-state index in [0.717, 1.165) is 19.6 Å². The SMILES string of the molecule is CC(O)C(C)(C)CN1CCN(S(C)(=O)=O)CC1. The third-order valence-electron chi connectivity index (χ3n) is 3.56. The Balaban J connectivity index is 2.48. The maximum Gasteiger partial charge on any atom is 0.211 e. The molecule has 1 N–H and O–H groups in total. The third-order valence-corrected chi connectivity index (χ3v) is 4.87. The van der Waals surface area contributed by atoms with Gasteiger partial charge in [0.1, 0.15) is 0 Å². The van der Waals surface area contributed by atoms with Gasteiger partial charge in [-0.1, -0.05) is 13.8 Å². The fourth-order valence-electron chi connectivity index (χ4n) is 1.93. The Morgan fingerprint density at radius 3 is 2.06 bits per heavy atom. The third kappa shape index (κ3) is 4.21. The van der Waals surface area contributed by atoms with Crippen LogP contribution in [0.5, 0.6) is 0 Å². The van der Waals surface area contributed by atoms with Gasteiger partial charge in [-0.2, -0.15) is 4.31 Å². The average molecular weight is 264 g/mol. The van der Waals surface area contributed by atoms with Crippen LogP contribution in [0.4, 0.5) is 0 Å². The Labute approximate surface area is 104 Å². The molecule has 1 rings (SSSR count). The lowest BCUT2D eigenvalue weighted by atomic mass is 9.87. The highest BCUT2D eigenvalue weighted by molar-refractivity contribution is 7.88. The normalized spacial score (nSPS) is 22.6. The lowest BCUT2D eigenvalue weighted by molar-refractivity contribution is 0.0263. The van der Waals surface area contributed by atoms with Crippen LogP contribution in [0.2, 0.25) is 0 Å². The highest BCUT2D eigenvalue weighted by Crippen LogP contribution is 2.22. The van der Waals surface area contributed by atoms with Crippen LogP contribution in [0, 0.1) is 5.41 Å². The predicted octanol–water partition coefficient (Wildman–Crippen LogP) is -0.0294. The maximum absolute atomic E-state index is 11.4. The zero-order valence-corrected chi connectivity index (χ0v) is 12.0. The summed E-state index contributed by atoms with van der Waals surface area (Å²) in [6.07, 6.45) is 0.887. The van der Waals surface area contributed by atoms with Gasteiger partial charge >= 0.3 is 0 Å². The van der Waals surface area contributed by atoms with Crippen molar-refractivity contribution in [3.63, 3.8) is 0 Å². The van der Waals surface area contributed by atoms with Gasteiger partial charge in [-0.05, 0) is 6.92 Å². The molecule has 0 amide bonds. The molecule has 5 nitrogen and oxygen atoms in total. The van der Waals surface area contributed by atoms with Crippen LogP contribution in [0.25, 0.3) is 0 Å². The van der Waals surface area contributed by atoms with Crippen LogP contribution in [0.3, 0.4) is 0 Å². The van der Waals surface area contributed by atoms with Crippen LogP contribution in [0.15, 0.2) is 0 Å². The molecule has 1 atom stereocenters. The van der Waals surface area contributed by atoms with E-state index < -0.39 is 10.0 Å². The van der Waals surface area contributed by atoms with Gasteiger partial charge in [0, 0.05) is 38.1 Å². The number of hydrogen-bond donors (Lipinski definition) is 1. The van der Waals surface area contributed by atoms with Crippen LogP contribution in [-0.2, 0) is 10.0 Å². The number of piperazine rings is 1. The van der Waals surface area contributed by atoms with Gasteiger partial charge in [0.25, 0.3) is 0 Å². The molecule has 1 saturated heterocycles. The monoisotopic (exact) mass is 264 g/mol. The number of sulfonamides is 1. The minimum absolute atomic E-state index is 0.159. The Bertz CT molecular complexity index is 344. The van der Waals surface area contributed by atoms with Crippen molar-refractivity contribution in [2.45, 2.75) is 26.9 Å². The Morgan fingerprint density at radius 1 is 1.24 bits per heavy atom. The van der Waals surface area contributed by atoms with Crippen LogP contribution in [-0.4, -0.2) is 67.8 Å². The Kier molecular flexibility index (Phi) is 4.57. The van der Waals surface area contributed by atoms with E-state index in [0.29, 0.717) is 13.1 Å². The van der Waals surface area contributed by atoms with Gasteiger partial charge in [-0.25, -0.2) is 8.42 Å². The molecule has 0 spiro atoms. The lowest BCUT2D eigenvalue weighted by Crippen LogP contribution is -2.51. The number of aliphatic hydroxyl groups is 1. The van der Waals surface area contributed by atoms with Gasteiger partial charge < -0.3 is 10.0 Å². The molecule has 1 aliphatic heterocycles. The number of hydrogen-bond acceptors (Lipinski definition) is 4. The second-order valence-electron chi connectivity index (χ2n) is 5.60. The van der Waals surface area contributed by atoms with E-state index in [1.165, 1.54) is 10.6 Å². The molecule has 0 aromatic carbocycles. The maximum atomic E-state index is 11.4. The molecule has 6 heteroatoms. The van der Waals surface area contributed by atoms with E-state index in [4.69, 9.17) is 0 Å². The van der Waals surface area contributed by atoms with Crippen molar-refractivity contribution in [2.75, 3.05) is 39.0 Å². The van der Waals surface area contributed by atoms with Crippen molar-refractivity contribution in [3.05, 3.63) is 0 Å². The predicted molar refractivity (Wildman–Crippen MR) is 68.3 cm³/mol. The Morgan fingerprint density at radius 2 is 1.71 bits per heavy atom. The van der Waals surface area contributed by atoms with E-state index in [2.05, 4.69) is 4.90 Å². The quantitative estimate of drug-likeness (QED) is 0.775. The zero-order valence-electron chi connectivity index (χ0n) is 11.2. The summed E-state index contributed by atoms with van der Waals surface area (Å²) in [6, 6.07) is 0. The van der Waals surface area contributed by atoms with E-state index in [1.54, 1.807) is 6.92 Å². The summed E-state index contributed by atoms with van der Waals surface area (Å²) in [5.74, 6) is 0. The molecular formula is C11H24N2O3S. The van der Waals surface area contributed by atoms with Gasteiger partial charge in [-0.3, -0.25) is 0 Å². The minimum atomic E-state index is -3.05. The zero-order chi connectivity index (χ0) is 13.3. The smallest absolute Gasteiger partial charge is 0.211 e. The Hall–Kier alpha value is -0.170. The number of aliphatic hydroxyl groups excluding tert-OH is 1. The molecule has 0 saturated carbocycles. The number of rotatable bonds is 4. The first-order valence-corrected chi connectivity index (χ1v) is 7.83. The van der Waals surface area contributed by atoms with Crippen molar-refractivity contribution in [1.29, 1.82) is 0 Å². The molecular weight excluding hydrogens is 240 g/mol. The van der Waals surface area contributed by atoms with E-state index in [9.17, 15) is 13.5 Å². The second-order valence-corrected chi connectivity index (χ2v) is 7.59. The lowest BCUT2D eigenvalue weighted by Gasteiger charge is -2.39. The van der Waals surface area contributed by atoms with Crippen LogP contribution >= 0.6 is 0 Å². The first-order valence-electron chi connectivity index (χ1n) is 5.98. The fourth-order valence-corrected chi connectivity index (χ4v) is 2.75.